The maximum atomic E-state index is 12.4. The molecule has 0 saturated heterocycles. The van der Waals surface area contributed by atoms with Crippen LogP contribution < -0.4 is 10.2 Å². The van der Waals surface area contributed by atoms with Gasteiger partial charge >= 0.3 is 0 Å². The predicted molar refractivity (Wildman–Crippen MR) is 103 cm³/mol. The van der Waals surface area contributed by atoms with Crippen molar-refractivity contribution >= 4 is 11.6 Å². The molecule has 2 rings (SSSR count). The molecule has 0 bridgehead atoms. The maximum absolute atomic E-state index is 12.4. The Morgan fingerprint density at radius 1 is 1.12 bits per heavy atom. The largest absolute Gasteiger partial charge is 0.380 e. The van der Waals surface area contributed by atoms with E-state index in [0.29, 0.717) is 19.7 Å². The number of nitrogens with one attached hydrogen (secondary N) is 1. The second kappa shape index (κ2) is 9.23. The highest BCUT2D eigenvalue weighted by molar-refractivity contribution is 5.81. The molecular weight excluding hydrogens is 312 g/mol. The molecule has 4 heteroatoms. The van der Waals surface area contributed by atoms with Crippen molar-refractivity contribution in [2.24, 2.45) is 0 Å². The Labute approximate surface area is 150 Å². The number of hydrogen-bond donors (Lipinski definition) is 1. The van der Waals surface area contributed by atoms with Gasteiger partial charge < -0.3 is 15.0 Å². The van der Waals surface area contributed by atoms with Gasteiger partial charge in [0, 0.05) is 25.4 Å². The lowest BCUT2D eigenvalue weighted by Crippen LogP contribution is -2.41. The van der Waals surface area contributed by atoms with Crippen molar-refractivity contribution in [2.45, 2.75) is 40.0 Å². The molecule has 4 nitrogen and oxygen atoms in total. The quantitative estimate of drug-likeness (QED) is 0.797. The monoisotopic (exact) mass is 340 g/mol. The normalized spacial score (nSPS) is 10.8. The van der Waals surface area contributed by atoms with E-state index in [1.54, 1.807) is 7.11 Å². The molecule has 0 saturated carbocycles. The lowest BCUT2D eigenvalue weighted by Gasteiger charge is -2.29. The Hall–Kier alpha value is -2.33. The molecule has 0 aliphatic carbocycles. The number of rotatable bonds is 8. The summed E-state index contributed by atoms with van der Waals surface area (Å²) >= 11 is 0. The number of amides is 1. The van der Waals surface area contributed by atoms with Crippen molar-refractivity contribution in [1.82, 2.24) is 5.32 Å². The summed E-state index contributed by atoms with van der Waals surface area (Å²) < 4.78 is 5.15. The Morgan fingerprint density at radius 2 is 1.84 bits per heavy atom. The van der Waals surface area contributed by atoms with Gasteiger partial charge in [0.05, 0.1) is 13.2 Å². The van der Waals surface area contributed by atoms with E-state index in [-0.39, 0.29) is 11.9 Å². The topological polar surface area (TPSA) is 41.6 Å². The number of aryl methyl sites for hydroxylation is 1. The van der Waals surface area contributed by atoms with E-state index < -0.39 is 0 Å². The summed E-state index contributed by atoms with van der Waals surface area (Å²) in [4.78, 5) is 14.6. The van der Waals surface area contributed by atoms with E-state index in [9.17, 15) is 4.79 Å². The zero-order valence-corrected chi connectivity index (χ0v) is 15.6. The fourth-order valence-corrected chi connectivity index (χ4v) is 2.84. The maximum Gasteiger partial charge on any atom is 0.239 e. The summed E-state index contributed by atoms with van der Waals surface area (Å²) in [5.74, 6) is 0.0223. The summed E-state index contributed by atoms with van der Waals surface area (Å²) in [7, 11) is 1.68. The smallest absolute Gasteiger partial charge is 0.239 e. The highest BCUT2D eigenvalue weighted by Crippen LogP contribution is 2.21. The SMILES string of the molecule is COCc1cccc(CNC(=O)CN(c2ccccc2C)C(C)C)c1. The Balaban J connectivity index is 1.98. The van der Waals surface area contributed by atoms with E-state index in [0.717, 1.165) is 16.8 Å². The van der Waals surface area contributed by atoms with Gasteiger partial charge in [-0.05, 0) is 43.5 Å². The molecule has 0 atom stereocenters. The first-order valence-corrected chi connectivity index (χ1v) is 8.67. The summed E-state index contributed by atoms with van der Waals surface area (Å²) in [6, 6.07) is 16.5. The van der Waals surface area contributed by atoms with Crippen LogP contribution in [0, 0.1) is 6.92 Å². The average molecular weight is 340 g/mol. The molecule has 0 radical (unpaired) electrons. The zero-order valence-electron chi connectivity index (χ0n) is 15.6. The van der Waals surface area contributed by atoms with Gasteiger partial charge in [-0.2, -0.15) is 0 Å². The molecule has 2 aromatic rings. The third-order valence-electron chi connectivity index (χ3n) is 4.15. The molecule has 1 amide bonds. The number of benzene rings is 2. The molecule has 0 aliphatic heterocycles. The molecule has 1 N–H and O–H groups in total. The predicted octanol–water partition coefficient (Wildman–Crippen LogP) is 3.67. The second-order valence-corrected chi connectivity index (χ2v) is 6.54. The first kappa shape index (κ1) is 19.0. The lowest BCUT2D eigenvalue weighted by molar-refractivity contribution is -0.120. The standard InChI is InChI=1S/C21H28N2O2/c1-16(2)23(20-11-6-5-8-17(20)3)14-21(24)22-13-18-9-7-10-19(12-18)15-25-4/h5-12,16H,13-15H2,1-4H3,(H,22,24). The van der Waals surface area contributed by atoms with Crippen LogP contribution in [-0.4, -0.2) is 25.6 Å². The fourth-order valence-electron chi connectivity index (χ4n) is 2.84. The van der Waals surface area contributed by atoms with Crippen LogP contribution in [0.15, 0.2) is 48.5 Å². The van der Waals surface area contributed by atoms with Crippen LogP contribution >= 0.6 is 0 Å². The molecule has 25 heavy (non-hydrogen) atoms. The number of carbonyl (C=O) groups excluding carboxylic acids is 1. The molecule has 134 valence electrons. The van der Waals surface area contributed by atoms with E-state index in [1.807, 2.05) is 30.3 Å². The van der Waals surface area contributed by atoms with E-state index in [4.69, 9.17) is 4.74 Å². The van der Waals surface area contributed by atoms with Crippen molar-refractivity contribution in [3.63, 3.8) is 0 Å². The Morgan fingerprint density at radius 3 is 2.52 bits per heavy atom. The van der Waals surface area contributed by atoms with Crippen LogP contribution in [0.4, 0.5) is 5.69 Å². The molecule has 0 spiro atoms. The first-order chi connectivity index (χ1) is 12.0. The van der Waals surface area contributed by atoms with Crippen molar-refractivity contribution in [1.29, 1.82) is 0 Å². The fraction of sp³-hybridized carbons (Fsp3) is 0.381. The van der Waals surface area contributed by atoms with Crippen molar-refractivity contribution in [3.05, 3.63) is 65.2 Å². The van der Waals surface area contributed by atoms with Gasteiger partial charge in [-0.15, -0.1) is 0 Å². The molecule has 0 unspecified atom stereocenters. The van der Waals surface area contributed by atoms with Gasteiger partial charge in [-0.3, -0.25) is 4.79 Å². The highest BCUT2D eigenvalue weighted by Gasteiger charge is 2.16. The van der Waals surface area contributed by atoms with Gasteiger partial charge in [-0.1, -0.05) is 42.5 Å². The Kier molecular flexibility index (Phi) is 7.02. The van der Waals surface area contributed by atoms with E-state index in [1.165, 1.54) is 5.56 Å². The summed E-state index contributed by atoms with van der Waals surface area (Å²) in [5, 5.41) is 3.02. The second-order valence-electron chi connectivity index (χ2n) is 6.54. The van der Waals surface area contributed by atoms with Crippen molar-refractivity contribution in [3.8, 4) is 0 Å². The summed E-state index contributed by atoms with van der Waals surface area (Å²) in [6.07, 6.45) is 0. The zero-order chi connectivity index (χ0) is 18.2. The molecule has 0 fully saturated rings. The van der Waals surface area contributed by atoms with Crippen molar-refractivity contribution in [2.75, 3.05) is 18.6 Å². The molecule has 2 aromatic carbocycles. The summed E-state index contributed by atoms with van der Waals surface area (Å²) in [5.41, 5.74) is 4.47. The van der Waals surface area contributed by atoms with Crippen LogP contribution in [0.1, 0.15) is 30.5 Å². The minimum absolute atomic E-state index is 0.0223. The number of methoxy groups -OCH3 is 1. The molecule has 0 aliphatic rings. The number of para-hydroxylation sites is 1. The van der Waals surface area contributed by atoms with Crippen molar-refractivity contribution < 1.29 is 9.53 Å². The van der Waals surface area contributed by atoms with Gasteiger partial charge in [0.15, 0.2) is 0 Å². The lowest BCUT2D eigenvalue weighted by atomic mass is 10.1. The third kappa shape index (κ3) is 5.61. The molecule has 0 heterocycles. The minimum atomic E-state index is 0.0223. The average Bonchev–Trinajstić information content (AvgIpc) is 2.59. The third-order valence-corrected chi connectivity index (χ3v) is 4.15. The minimum Gasteiger partial charge on any atom is -0.380 e. The number of carbonyl (C=O) groups is 1. The van der Waals surface area contributed by atoms with Gasteiger partial charge in [-0.25, -0.2) is 0 Å². The number of anilines is 1. The number of hydrogen-bond acceptors (Lipinski definition) is 3. The van der Waals surface area contributed by atoms with Crippen LogP contribution in [0.3, 0.4) is 0 Å². The van der Waals surface area contributed by atoms with Gasteiger partial charge in [0.1, 0.15) is 0 Å². The molecule has 0 aromatic heterocycles. The summed E-state index contributed by atoms with van der Waals surface area (Å²) in [6.45, 7) is 7.73. The number of nitrogens with zero attached hydrogens (tertiary/aromatic N) is 1. The Bertz CT molecular complexity index is 698. The van der Waals surface area contributed by atoms with E-state index >= 15 is 0 Å². The van der Waals surface area contributed by atoms with Crippen LogP contribution in [0.25, 0.3) is 0 Å². The first-order valence-electron chi connectivity index (χ1n) is 8.67. The van der Waals surface area contributed by atoms with E-state index in [2.05, 4.69) is 49.2 Å². The highest BCUT2D eigenvalue weighted by atomic mass is 16.5. The van der Waals surface area contributed by atoms with Gasteiger partial charge in [0.25, 0.3) is 0 Å². The van der Waals surface area contributed by atoms with Crippen LogP contribution in [0.2, 0.25) is 0 Å². The number of ether oxygens (including phenoxy) is 1. The van der Waals surface area contributed by atoms with Gasteiger partial charge in [0.2, 0.25) is 5.91 Å². The molecular formula is C21H28N2O2. The van der Waals surface area contributed by atoms with Crippen LogP contribution in [0.5, 0.6) is 0 Å². The van der Waals surface area contributed by atoms with Crippen LogP contribution in [-0.2, 0) is 22.7 Å².